The van der Waals surface area contributed by atoms with Crippen LogP contribution in [0.2, 0.25) is 0 Å². The van der Waals surface area contributed by atoms with Gasteiger partial charge in [0.1, 0.15) is 5.75 Å². The van der Waals surface area contributed by atoms with E-state index in [1.807, 2.05) is 4.90 Å². The van der Waals surface area contributed by atoms with Gasteiger partial charge in [-0.3, -0.25) is 4.79 Å². The molecular formula is C15H22N2O2. The van der Waals surface area contributed by atoms with E-state index in [4.69, 9.17) is 10.5 Å². The SMILES string of the molecule is CCC1CCC(C)N1C(=O)c1ccc(OC)c(N)c1. The molecule has 0 spiro atoms. The number of methoxy groups -OCH3 is 1. The highest BCUT2D eigenvalue weighted by Crippen LogP contribution is 2.29. The number of nitrogens with zero attached hydrogens (tertiary/aromatic N) is 1. The van der Waals surface area contributed by atoms with Crippen LogP contribution in [-0.4, -0.2) is 30.0 Å². The highest BCUT2D eigenvalue weighted by molar-refractivity contribution is 5.96. The zero-order valence-electron chi connectivity index (χ0n) is 11.8. The highest BCUT2D eigenvalue weighted by atomic mass is 16.5. The molecule has 4 nitrogen and oxygen atoms in total. The molecule has 0 bridgehead atoms. The van der Waals surface area contributed by atoms with E-state index in [0.717, 1.165) is 19.3 Å². The number of anilines is 1. The Balaban J connectivity index is 2.26. The normalized spacial score (nSPS) is 22.6. The molecule has 1 heterocycles. The molecule has 1 fully saturated rings. The standard InChI is InChI=1S/C15H22N2O2/c1-4-12-7-5-10(2)17(12)15(18)11-6-8-14(19-3)13(16)9-11/h6,8-10,12H,4-5,7,16H2,1-3H3. The van der Waals surface area contributed by atoms with Gasteiger partial charge < -0.3 is 15.4 Å². The molecule has 0 aliphatic carbocycles. The first-order valence-electron chi connectivity index (χ1n) is 6.84. The lowest BCUT2D eigenvalue weighted by molar-refractivity contribution is 0.0676. The van der Waals surface area contributed by atoms with Crippen molar-refractivity contribution in [3.63, 3.8) is 0 Å². The molecule has 104 valence electrons. The maximum absolute atomic E-state index is 12.6. The fourth-order valence-electron chi connectivity index (χ4n) is 2.85. The molecule has 1 aliphatic rings. The van der Waals surface area contributed by atoms with Crippen LogP contribution in [0.1, 0.15) is 43.5 Å². The average molecular weight is 262 g/mol. The molecule has 1 amide bonds. The summed E-state index contributed by atoms with van der Waals surface area (Å²) in [7, 11) is 1.57. The Bertz CT molecular complexity index is 473. The van der Waals surface area contributed by atoms with Crippen molar-refractivity contribution in [3.8, 4) is 5.75 Å². The molecule has 2 atom stereocenters. The lowest BCUT2D eigenvalue weighted by Crippen LogP contribution is -2.39. The molecule has 0 aromatic heterocycles. The minimum absolute atomic E-state index is 0.0752. The van der Waals surface area contributed by atoms with Gasteiger partial charge in [0.15, 0.2) is 0 Å². The number of rotatable bonds is 3. The van der Waals surface area contributed by atoms with Crippen molar-refractivity contribution in [1.82, 2.24) is 4.90 Å². The van der Waals surface area contributed by atoms with E-state index in [1.54, 1.807) is 25.3 Å². The van der Waals surface area contributed by atoms with E-state index in [2.05, 4.69) is 13.8 Å². The van der Waals surface area contributed by atoms with Crippen molar-refractivity contribution in [2.45, 2.75) is 45.2 Å². The van der Waals surface area contributed by atoms with E-state index in [1.165, 1.54) is 0 Å². The summed E-state index contributed by atoms with van der Waals surface area (Å²) in [6, 6.07) is 5.91. The Kier molecular flexibility index (Phi) is 3.98. The number of ether oxygens (including phenoxy) is 1. The predicted octanol–water partition coefficient (Wildman–Crippen LogP) is 2.68. The van der Waals surface area contributed by atoms with Crippen LogP contribution in [0.5, 0.6) is 5.75 Å². The highest BCUT2D eigenvalue weighted by Gasteiger charge is 2.33. The maximum Gasteiger partial charge on any atom is 0.254 e. The first kappa shape index (κ1) is 13.7. The van der Waals surface area contributed by atoms with Crippen LogP contribution < -0.4 is 10.5 Å². The number of carbonyl (C=O) groups excluding carboxylic acids is 1. The van der Waals surface area contributed by atoms with Gasteiger partial charge in [-0.1, -0.05) is 6.92 Å². The van der Waals surface area contributed by atoms with E-state index in [0.29, 0.717) is 29.1 Å². The Hall–Kier alpha value is -1.71. The third-order valence-corrected chi connectivity index (χ3v) is 3.97. The van der Waals surface area contributed by atoms with E-state index < -0.39 is 0 Å². The van der Waals surface area contributed by atoms with Crippen molar-refractivity contribution in [3.05, 3.63) is 23.8 Å². The van der Waals surface area contributed by atoms with Gasteiger partial charge in [-0.2, -0.15) is 0 Å². The molecule has 0 radical (unpaired) electrons. The molecule has 2 unspecified atom stereocenters. The smallest absolute Gasteiger partial charge is 0.254 e. The van der Waals surface area contributed by atoms with E-state index in [9.17, 15) is 4.79 Å². The van der Waals surface area contributed by atoms with Gasteiger partial charge in [0.05, 0.1) is 12.8 Å². The minimum Gasteiger partial charge on any atom is -0.495 e. The first-order chi connectivity index (χ1) is 9.08. The van der Waals surface area contributed by atoms with Crippen LogP contribution in [0, 0.1) is 0 Å². The number of carbonyl (C=O) groups is 1. The molecule has 2 N–H and O–H groups in total. The molecule has 2 rings (SSSR count). The van der Waals surface area contributed by atoms with Crippen molar-refractivity contribution >= 4 is 11.6 Å². The molecule has 19 heavy (non-hydrogen) atoms. The number of nitrogen functional groups attached to an aromatic ring is 1. The van der Waals surface area contributed by atoms with Gasteiger partial charge in [0, 0.05) is 17.6 Å². The summed E-state index contributed by atoms with van der Waals surface area (Å²) in [4.78, 5) is 14.6. The summed E-state index contributed by atoms with van der Waals surface area (Å²) in [6.45, 7) is 4.24. The van der Waals surface area contributed by atoms with Gasteiger partial charge >= 0.3 is 0 Å². The zero-order chi connectivity index (χ0) is 14.0. The Morgan fingerprint density at radius 1 is 1.47 bits per heavy atom. The second-order valence-corrected chi connectivity index (χ2v) is 5.16. The first-order valence-corrected chi connectivity index (χ1v) is 6.84. The van der Waals surface area contributed by atoms with E-state index >= 15 is 0 Å². The summed E-state index contributed by atoms with van der Waals surface area (Å²) in [5.41, 5.74) is 7.03. The molecular weight excluding hydrogens is 240 g/mol. The summed E-state index contributed by atoms with van der Waals surface area (Å²) in [5, 5.41) is 0. The Labute approximate surface area is 114 Å². The maximum atomic E-state index is 12.6. The van der Waals surface area contributed by atoms with Crippen LogP contribution in [0.15, 0.2) is 18.2 Å². The zero-order valence-corrected chi connectivity index (χ0v) is 11.8. The largest absolute Gasteiger partial charge is 0.495 e. The summed E-state index contributed by atoms with van der Waals surface area (Å²) in [6.07, 6.45) is 3.17. The Morgan fingerprint density at radius 2 is 2.21 bits per heavy atom. The van der Waals surface area contributed by atoms with Gasteiger partial charge in [0.25, 0.3) is 5.91 Å². The van der Waals surface area contributed by atoms with Crippen molar-refractivity contribution < 1.29 is 9.53 Å². The number of nitrogens with two attached hydrogens (primary N) is 1. The van der Waals surface area contributed by atoms with Crippen LogP contribution in [0.25, 0.3) is 0 Å². The van der Waals surface area contributed by atoms with Crippen LogP contribution in [0.3, 0.4) is 0 Å². The number of amides is 1. The summed E-state index contributed by atoms with van der Waals surface area (Å²) >= 11 is 0. The van der Waals surface area contributed by atoms with Crippen molar-refractivity contribution in [2.75, 3.05) is 12.8 Å². The average Bonchev–Trinajstić information content (AvgIpc) is 2.78. The number of benzene rings is 1. The second kappa shape index (κ2) is 5.51. The monoisotopic (exact) mass is 262 g/mol. The van der Waals surface area contributed by atoms with Crippen molar-refractivity contribution in [2.24, 2.45) is 0 Å². The molecule has 4 heteroatoms. The van der Waals surface area contributed by atoms with Gasteiger partial charge in [0.2, 0.25) is 0 Å². The van der Waals surface area contributed by atoms with Gasteiger partial charge in [-0.15, -0.1) is 0 Å². The lowest BCUT2D eigenvalue weighted by Gasteiger charge is -2.28. The molecule has 1 aromatic carbocycles. The molecule has 1 aromatic rings. The second-order valence-electron chi connectivity index (χ2n) is 5.16. The van der Waals surface area contributed by atoms with Crippen LogP contribution >= 0.6 is 0 Å². The minimum atomic E-state index is 0.0752. The van der Waals surface area contributed by atoms with Gasteiger partial charge in [-0.05, 0) is 44.4 Å². The van der Waals surface area contributed by atoms with Crippen LogP contribution in [0.4, 0.5) is 5.69 Å². The van der Waals surface area contributed by atoms with Crippen molar-refractivity contribution in [1.29, 1.82) is 0 Å². The molecule has 0 saturated carbocycles. The molecule has 1 saturated heterocycles. The van der Waals surface area contributed by atoms with E-state index in [-0.39, 0.29) is 5.91 Å². The summed E-state index contributed by atoms with van der Waals surface area (Å²) < 4.78 is 5.12. The Morgan fingerprint density at radius 3 is 2.79 bits per heavy atom. The lowest BCUT2D eigenvalue weighted by atomic mass is 10.1. The topological polar surface area (TPSA) is 55.6 Å². The number of hydrogen-bond donors (Lipinski definition) is 1. The number of hydrogen-bond acceptors (Lipinski definition) is 3. The molecule has 1 aliphatic heterocycles. The third kappa shape index (κ3) is 2.53. The fraction of sp³-hybridized carbons (Fsp3) is 0.533. The summed E-state index contributed by atoms with van der Waals surface area (Å²) in [5.74, 6) is 0.685. The predicted molar refractivity (Wildman–Crippen MR) is 76.4 cm³/mol. The third-order valence-electron chi connectivity index (χ3n) is 3.97. The fourth-order valence-corrected chi connectivity index (χ4v) is 2.85. The number of likely N-dealkylation sites (tertiary alicyclic amines) is 1. The van der Waals surface area contributed by atoms with Crippen LogP contribution in [-0.2, 0) is 0 Å². The quantitative estimate of drug-likeness (QED) is 0.852. The van der Waals surface area contributed by atoms with Gasteiger partial charge in [-0.25, -0.2) is 0 Å².